The van der Waals surface area contributed by atoms with Gasteiger partial charge in [0.15, 0.2) is 11.5 Å². The SMILES string of the molecule is c1ccc(OCc2nc3c4c5c(sc4ncn3n2)CCCCC5)cc1. The topological polar surface area (TPSA) is 52.3 Å². The van der Waals surface area contributed by atoms with Crippen LogP contribution in [0.5, 0.6) is 5.75 Å². The van der Waals surface area contributed by atoms with Crippen LogP contribution in [0, 0.1) is 0 Å². The molecule has 25 heavy (non-hydrogen) atoms. The van der Waals surface area contributed by atoms with E-state index in [1.165, 1.54) is 41.5 Å². The largest absolute Gasteiger partial charge is 0.486 e. The molecule has 1 aromatic carbocycles. The van der Waals surface area contributed by atoms with Crippen molar-refractivity contribution in [3.8, 4) is 5.75 Å². The van der Waals surface area contributed by atoms with Gasteiger partial charge in [0.2, 0.25) is 0 Å². The van der Waals surface area contributed by atoms with Crippen molar-refractivity contribution in [1.29, 1.82) is 0 Å². The van der Waals surface area contributed by atoms with Gasteiger partial charge in [0.25, 0.3) is 0 Å². The van der Waals surface area contributed by atoms with E-state index in [0.717, 1.165) is 22.6 Å². The third kappa shape index (κ3) is 2.66. The fourth-order valence-corrected chi connectivity index (χ4v) is 4.72. The summed E-state index contributed by atoms with van der Waals surface area (Å²) in [6.45, 7) is 0.361. The van der Waals surface area contributed by atoms with Crippen LogP contribution in [0.3, 0.4) is 0 Å². The minimum Gasteiger partial charge on any atom is -0.486 e. The van der Waals surface area contributed by atoms with E-state index in [1.54, 1.807) is 10.8 Å². The van der Waals surface area contributed by atoms with Gasteiger partial charge in [-0.05, 0) is 43.4 Å². The maximum atomic E-state index is 5.79. The summed E-state index contributed by atoms with van der Waals surface area (Å²) in [5.41, 5.74) is 2.36. The summed E-state index contributed by atoms with van der Waals surface area (Å²) in [7, 11) is 0. The second kappa shape index (κ2) is 6.11. The van der Waals surface area contributed by atoms with Crippen molar-refractivity contribution in [2.45, 2.75) is 38.7 Å². The Morgan fingerprint density at radius 1 is 1.08 bits per heavy atom. The first kappa shape index (κ1) is 14.8. The lowest BCUT2D eigenvalue weighted by Gasteiger charge is -2.01. The Labute approximate surface area is 149 Å². The van der Waals surface area contributed by atoms with Gasteiger partial charge in [-0.3, -0.25) is 0 Å². The van der Waals surface area contributed by atoms with Crippen molar-refractivity contribution >= 4 is 27.2 Å². The molecular weight excluding hydrogens is 332 g/mol. The van der Waals surface area contributed by atoms with Crippen LogP contribution in [-0.2, 0) is 19.4 Å². The predicted octanol–water partition coefficient (Wildman–Crippen LogP) is 4.19. The fraction of sp³-hybridized carbons (Fsp3) is 0.316. The van der Waals surface area contributed by atoms with Crippen molar-refractivity contribution in [3.05, 3.63) is 52.9 Å². The number of aryl methyl sites for hydroxylation is 2. The molecule has 0 aliphatic heterocycles. The lowest BCUT2D eigenvalue weighted by Crippen LogP contribution is -1.97. The first-order valence-corrected chi connectivity index (χ1v) is 9.52. The highest BCUT2D eigenvalue weighted by molar-refractivity contribution is 7.19. The third-order valence-corrected chi connectivity index (χ3v) is 5.90. The van der Waals surface area contributed by atoms with E-state index >= 15 is 0 Å². The lowest BCUT2D eigenvalue weighted by molar-refractivity contribution is 0.296. The minimum absolute atomic E-state index is 0.361. The smallest absolute Gasteiger partial charge is 0.189 e. The molecule has 0 saturated carbocycles. The fourth-order valence-electron chi connectivity index (χ4n) is 3.50. The number of nitrogens with zero attached hydrogens (tertiary/aromatic N) is 4. The van der Waals surface area contributed by atoms with Crippen LogP contribution in [0.2, 0.25) is 0 Å². The van der Waals surface area contributed by atoms with E-state index in [1.807, 2.05) is 41.7 Å². The van der Waals surface area contributed by atoms with Gasteiger partial charge in [0.05, 0.1) is 5.39 Å². The Kier molecular flexibility index (Phi) is 3.63. The van der Waals surface area contributed by atoms with Gasteiger partial charge in [-0.15, -0.1) is 16.4 Å². The van der Waals surface area contributed by atoms with Crippen LogP contribution in [0.1, 0.15) is 35.5 Å². The number of aromatic nitrogens is 4. The molecule has 0 radical (unpaired) electrons. The highest BCUT2D eigenvalue weighted by Crippen LogP contribution is 2.36. The van der Waals surface area contributed by atoms with Gasteiger partial charge < -0.3 is 4.74 Å². The second-order valence-corrected chi connectivity index (χ2v) is 7.47. The van der Waals surface area contributed by atoms with Gasteiger partial charge in [-0.1, -0.05) is 24.6 Å². The van der Waals surface area contributed by atoms with E-state index in [9.17, 15) is 0 Å². The number of hydrogen-bond acceptors (Lipinski definition) is 5. The Hall–Kier alpha value is -2.47. The van der Waals surface area contributed by atoms with Gasteiger partial charge in [-0.25, -0.2) is 14.5 Å². The van der Waals surface area contributed by atoms with Crippen LogP contribution >= 0.6 is 11.3 Å². The number of rotatable bonds is 3. The van der Waals surface area contributed by atoms with Crippen LogP contribution in [0.15, 0.2) is 36.7 Å². The van der Waals surface area contributed by atoms with Gasteiger partial charge in [0, 0.05) is 4.88 Å². The molecule has 0 atom stereocenters. The number of benzene rings is 1. The monoisotopic (exact) mass is 350 g/mol. The average Bonchev–Trinajstić information content (AvgIpc) is 3.14. The van der Waals surface area contributed by atoms with E-state index in [0.29, 0.717) is 12.4 Å². The van der Waals surface area contributed by atoms with Crippen LogP contribution in [-0.4, -0.2) is 19.6 Å². The first-order valence-electron chi connectivity index (χ1n) is 8.71. The van der Waals surface area contributed by atoms with Crippen molar-refractivity contribution < 1.29 is 4.74 Å². The first-order chi connectivity index (χ1) is 12.4. The molecule has 1 aliphatic carbocycles. The van der Waals surface area contributed by atoms with Gasteiger partial charge in [-0.2, -0.15) is 0 Å². The number of fused-ring (bicyclic) bond motifs is 5. The Bertz CT molecular complexity index is 1040. The summed E-state index contributed by atoms with van der Waals surface area (Å²) >= 11 is 1.82. The molecule has 0 unspecified atom stereocenters. The zero-order valence-electron chi connectivity index (χ0n) is 13.8. The van der Waals surface area contributed by atoms with E-state index < -0.39 is 0 Å². The summed E-state index contributed by atoms with van der Waals surface area (Å²) in [5.74, 6) is 1.51. The molecule has 3 heterocycles. The molecule has 6 heteroatoms. The van der Waals surface area contributed by atoms with Gasteiger partial charge in [0.1, 0.15) is 23.5 Å². The third-order valence-electron chi connectivity index (χ3n) is 4.70. The lowest BCUT2D eigenvalue weighted by atomic mass is 10.1. The molecule has 0 amide bonds. The maximum Gasteiger partial charge on any atom is 0.189 e. The molecular formula is C19H18N4OS. The molecule has 0 saturated heterocycles. The number of thiophene rings is 1. The Morgan fingerprint density at radius 2 is 1.96 bits per heavy atom. The van der Waals surface area contributed by atoms with E-state index in [-0.39, 0.29) is 0 Å². The standard InChI is InChI=1S/C19H18N4OS/c1-3-7-13(8-4-1)24-11-16-21-18-17-14-9-5-2-6-10-15(14)25-19(17)20-12-23(18)22-16/h1,3-4,7-8,12H,2,5-6,9-11H2. The van der Waals surface area contributed by atoms with Crippen molar-refractivity contribution in [2.24, 2.45) is 0 Å². The molecule has 5 nitrogen and oxygen atoms in total. The zero-order valence-corrected chi connectivity index (χ0v) is 14.6. The molecule has 4 aromatic rings. The summed E-state index contributed by atoms with van der Waals surface area (Å²) in [5, 5.41) is 5.75. The Morgan fingerprint density at radius 3 is 2.88 bits per heavy atom. The Balaban J connectivity index is 1.55. The highest BCUT2D eigenvalue weighted by atomic mass is 32.1. The normalized spacial score (nSPS) is 14.6. The maximum absolute atomic E-state index is 5.79. The predicted molar refractivity (Wildman–Crippen MR) is 98.2 cm³/mol. The summed E-state index contributed by atoms with van der Waals surface area (Å²) in [4.78, 5) is 11.9. The van der Waals surface area contributed by atoms with Crippen molar-refractivity contribution in [3.63, 3.8) is 0 Å². The molecule has 0 fully saturated rings. The summed E-state index contributed by atoms with van der Waals surface area (Å²) in [6.07, 6.45) is 7.89. The van der Waals surface area contributed by atoms with Crippen LogP contribution < -0.4 is 4.74 Å². The highest BCUT2D eigenvalue weighted by Gasteiger charge is 2.20. The van der Waals surface area contributed by atoms with Crippen LogP contribution in [0.4, 0.5) is 0 Å². The van der Waals surface area contributed by atoms with Crippen LogP contribution in [0.25, 0.3) is 15.9 Å². The van der Waals surface area contributed by atoms with E-state index in [2.05, 4.69) is 10.1 Å². The minimum atomic E-state index is 0.361. The van der Waals surface area contributed by atoms with Crippen molar-refractivity contribution in [1.82, 2.24) is 19.6 Å². The number of ether oxygens (including phenoxy) is 1. The molecule has 3 aromatic heterocycles. The molecule has 126 valence electrons. The molecule has 0 spiro atoms. The zero-order chi connectivity index (χ0) is 16.6. The molecule has 1 aliphatic rings. The summed E-state index contributed by atoms with van der Waals surface area (Å²) in [6, 6.07) is 9.77. The second-order valence-electron chi connectivity index (χ2n) is 6.39. The average molecular weight is 350 g/mol. The molecule has 5 rings (SSSR count). The summed E-state index contributed by atoms with van der Waals surface area (Å²) < 4.78 is 7.59. The number of para-hydroxylation sites is 1. The number of hydrogen-bond donors (Lipinski definition) is 0. The quantitative estimate of drug-likeness (QED) is 0.520. The van der Waals surface area contributed by atoms with E-state index in [4.69, 9.17) is 9.72 Å². The molecule has 0 N–H and O–H groups in total. The van der Waals surface area contributed by atoms with Crippen molar-refractivity contribution in [2.75, 3.05) is 0 Å². The molecule has 0 bridgehead atoms. The van der Waals surface area contributed by atoms with Gasteiger partial charge >= 0.3 is 0 Å².